The second-order valence-corrected chi connectivity index (χ2v) is 6.26. The van der Waals surface area contributed by atoms with Crippen LogP contribution in [0.4, 0.5) is 14.6 Å². The number of piperazine rings is 1. The molecule has 2 aromatic carbocycles. The molecule has 3 aromatic rings. The summed E-state index contributed by atoms with van der Waals surface area (Å²) in [5.74, 6) is -0.516. The van der Waals surface area contributed by atoms with Crippen molar-refractivity contribution in [3.05, 3.63) is 53.3 Å². The van der Waals surface area contributed by atoms with Crippen molar-refractivity contribution in [2.24, 2.45) is 0 Å². The van der Waals surface area contributed by atoms with Crippen LogP contribution in [0.1, 0.15) is 0 Å². The fourth-order valence-electron chi connectivity index (χ4n) is 3.16. The monoisotopic (exact) mass is 360 g/mol. The first kappa shape index (κ1) is 16.2. The number of rotatable bonds is 2. The Morgan fingerprint density at radius 1 is 1.08 bits per heavy atom. The average Bonchev–Trinajstić information content (AvgIpc) is 2.63. The van der Waals surface area contributed by atoms with E-state index in [9.17, 15) is 4.39 Å². The molecule has 7 heteroatoms. The van der Waals surface area contributed by atoms with E-state index in [2.05, 4.69) is 20.2 Å². The van der Waals surface area contributed by atoms with Gasteiger partial charge >= 0.3 is 0 Å². The smallest absolute Gasteiger partial charge is 0.159 e. The van der Waals surface area contributed by atoms with Crippen molar-refractivity contribution in [3.8, 4) is 11.1 Å². The van der Waals surface area contributed by atoms with Crippen LogP contribution in [-0.2, 0) is 0 Å². The van der Waals surface area contributed by atoms with Gasteiger partial charge in [-0.3, -0.25) is 0 Å². The third kappa shape index (κ3) is 2.81. The number of anilines is 1. The van der Waals surface area contributed by atoms with Crippen LogP contribution in [0.25, 0.3) is 22.0 Å². The lowest BCUT2D eigenvalue weighted by Gasteiger charge is -2.29. The molecule has 128 valence electrons. The van der Waals surface area contributed by atoms with Crippen molar-refractivity contribution in [3.63, 3.8) is 0 Å². The molecule has 0 bridgehead atoms. The van der Waals surface area contributed by atoms with Crippen LogP contribution >= 0.6 is 11.6 Å². The molecule has 1 N–H and O–H groups in total. The summed E-state index contributed by atoms with van der Waals surface area (Å²) in [5.41, 5.74) is 0.289. The minimum Gasteiger partial charge on any atom is -0.353 e. The minimum atomic E-state index is -0.633. The zero-order valence-corrected chi connectivity index (χ0v) is 14.0. The molecule has 0 amide bonds. The maximum absolute atomic E-state index is 15.2. The van der Waals surface area contributed by atoms with Crippen LogP contribution < -0.4 is 10.2 Å². The zero-order chi connectivity index (χ0) is 17.4. The van der Waals surface area contributed by atoms with E-state index in [0.29, 0.717) is 11.2 Å². The average molecular weight is 361 g/mol. The lowest BCUT2D eigenvalue weighted by Crippen LogP contribution is -2.44. The summed E-state index contributed by atoms with van der Waals surface area (Å²) in [7, 11) is 0. The summed E-state index contributed by atoms with van der Waals surface area (Å²) in [4.78, 5) is 10.5. The number of aromatic nitrogens is 2. The molecule has 1 aromatic heterocycles. The summed E-state index contributed by atoms with van der Waals surface area (Å²) in [6, 6.07) is 7.60. The Morgan fingerprint density at radius 3 is 2.60 bits per heavy atom. The fourth-order valence-corrected chi connectivity index (χ4v) is 3.45. The topological polar surface area (TPSA) is 41.0 Å². The predicted octanol–water partition coefficient (Wildman–Crippen LogP) is 3.64. The lowest BCUT2D eigenvalue weighted by molar-refractivity contribution is 0.585. The number of hydrogen-bond acceptors (Lipinski definition) is 4. The van der Waals surface area contributed by atoms with E-state index in [1.54, 1.807) is 18.2 Å². The van der Waals surface area contributed by atoms with Gasteiger partial charge in [-0.05, 0) is 12.1 Å². The highest BCUT2D eigenvalue weighted by Gasteiger charge is 2.22. The lowest BCUT2D eigenvalue weighted by atomic mass is 10.0. The van der Waals surface area contributed by atoms with Gasteiger partial charge in [0.15, 0.2) is 5.82 Å². The minimum absolute atomic E-state index is 0.0252. The molecule has 4 rings (SSSR count). The Morgan fingerprint density at radius 2 is 1.84 bits per heavy atom. The summed E-state index contributed by atoms with van der Waals surface area (Å²) in [6.45, 7) is 3.19. The molecule has 1 saturated heterocycles. The van der Waals surface area contributed by atoms with E-state index < -0.39 is 11.6 Å². The maximum atomic E-state index is 15.2. The van der Waals surface area contributed by atoms with Gasteiger partial charge in [0.2, 0.25) is 0 Å². The van der Waals surface area contributed by atoms with Crippen molar-refractivity contribution in [2.45, 2.75) is 0 Å². The van der Waals surface area contributed by atoms with Gasteiger partial charge in [-0.2, -0.15) is 0 Å². The fraction of sp³-hybridized carbons (Fsp3) is 0.222. The first-order valence-electron chi connectivity index (χ1n) is 8.00. The van der Waals surface area contributed by atoms with Crippen molar-refractivity contribution < 1.29 is 8.78 Å². The molecular formula is C18H15ClF2N4. The molecular weight excluding hydrogens is 346 g/mol. The van der Waals surface area contributed by atoms with Gasteiger partial charge in [0.25, 0.3) is 0 Å². The maximum Gasteiger partial charge on any atom is 0.159 e. The Balaban J connectivity index is 1.93. The van der Waals surface area contributed by atoms with Crippen molar-refractivity contribution in [2.75, 3.05) is 31.1 Å². The first-order valence-corrected chi connectivity index (χ1v) is 8.38. The number of nitrogens with zero attached hydrogens (tertiary/aromatic N) is 3. The third-order valence-electron chi connectivity index (χ3n) is 4.36. The SMILES string of the molecule is Fc1ccccc1-c1c(Cl)cc2c(N3CCNCC3)ncnc2c1F. The molecule has 1 fully saturated rings. The Hall–Kier alpha value is -2.31. The second kappa shape index (κ2) is 6.54. The normalized spacial score (nSPS) is 14.9. The molecule has 0 atom stereocenters. The predicted molar refractivity (Wildman–Crippen MR) is 95.0 cm³/mol. The largest absolute Gasteiger partial charge is 0.353 e. The van der Waals surface area contributed by atoms with E-state index >= 15 is 4.39 Å². The quantitative estimate of drug-likeness (QED) is 0.757. The highest BCUT2D eigenvalue weighted by Crippen LogP contribution is 2.38. The molecule has 0 unspecified atom stereocenters. The molecule has 4 nitrogen and oxygen atoms in total. The van der Waals surface area contributed by atoms with E-state index in [1.165, 1.54) is 18.5 Å². The molecule has 0 spiro atoms. The van der Waals surface area contributed by atoms with Crippen molar-refractivity contribution in [1.29, 1.82) is 0 Å². The number of benzene rings is 2. The Kier molecular flexibility index (Phi) is 4.23. The molecule has 1 aliphatic heterocycles. The highest BCUT2D eigenvalue weighted by molar-refractivity contribution is 6.34. The van der Waals surface area contributed by atoms with Gasteiger partial charge in [0.1, 0.15) is 23.5 Å². The van der Waals surface area contributed by atoms with Gasteiger partial charge in [0.05, 0.1) is 5.02 Å². The van der Waals surface area contributed by atoms with Gasteiger partial charge in [-0.1, -0.05) is 29.8 Å². The van der Waals surface area contributed by atoms with Crippen LogP contribution in [0.5, 0.6) is 0 Å². The van der Waals surface area contributed by atoms with Gasteiger partial charge in [-0.15, -0.1) is 0 Å². The van der Waals surface area contributed by atoms with Crippen LogP contribution in [0.2, 0.25) is 5.02 Å². The second-order valence-electron chi connectivity index (χ2n) is 5.86. The summed E-state index contributed by atoms with van der Waals surface area (Å²) in [5, 5.41) is 3.94. The van der Waals surface area contributed by atoms with Crippen LogP contribution in [0, 0.1) is 11.6 Å². The standard InChI is InChI=1S/C18H15ClF2N4/c19-13-9-12-17(16(21)15(13)11-3-1-2-4-14(11)20)23-10-24-18(12)25-7-5-22-6-8-25/h1-4,9-10,22H,5-8H2. The van der Waals surface area contributed by atoms with Crippen molar-refractivity contribution in [1.82, 2.24) is 15.3 Å². The van der Waals surface area contributed by atoms with Crippen molar-refractivity contribution >= 4 is 28.3 Å². The number of nitrogens with one attached hydrogen (secondary N) is 1. The van der Waals surface area contributed by atoms with E-state index in [0.717, 1.165) is 26.2 Å². The Bertz CT molecular complexity index is 942. The van der Waals surface area contributed by atoms with Crippen LogP contribution in [0.15, 0.2) is 36.7 Å². The third-order valence-corrected chi connectivity index (χ3v) is 4.66. The molecule has 0 radical (unpaired) electrons. The zero-order valence-electron chi connectivity index (χ0n) is 13.3. The molecule has 2 heterocycles. The van der Waals surface area contributed by atoms with Gasteiger partial charge in [-0.25, -0.2) is 18.7 Å². The molecule has 1 aliphatic rings. The Labute approximate surface area is 148 Å². The summed E-state index contributed by atoms with van der Waals surface area (Å²) in [6.07, 6.45) is 1.34. The van der Waals surface area contributed by atoms with E-state index in [-0.39, 0.29) is 21.7 Å². The molecule has 0 aliphatic carbocycles. The number of hydrogen-bond donors (Lipinski definition) is 1. The number of halogens is 3. The number of fused-ring (bicyclic) bond motifs is 1. The summed E-state index contributed by atoms with van der Waals surface area (Å²) < 4.78 is 29.3. The summed E-state index contributed by atoms with van der Waals surface area (Å²) >= 11 is 6.33. The molecule has 0 saturated carbocycles. The van der Waals surface area contributed by atoms with Gasteiger partial charge in [0, 0.05) is 42.7 Å². The molecule has 25 heavy (non-hydrogen) atoms. The van der Waals surface area contributed by atoms with E-state index in [1.807, 2.05) is 0 Å². The highest BCUT2D eigenvalue weighted by atomic mass is 35.5. The van der Waals surface area contributed by atoms with E-state index in [4.69, 9.17) is 11.6 Å². The van der Waals surface area contributed by atoms with Crippen LogP contribution in [-0.4, -0.2) is 36.1 Å². The first-order chi connectivity index (χ1) is 12.2. The van der Waals surface area contributed by atoms with Gasteiger partial charge < -0.3 is 10.2 Å². The van der Waals surface area contributed by atoms with Crippen LogP contribution in [0.3, 0.4) is 0 Å².